The highest BCUT2D eigenvalue weighted by atomic mass is 28.4. The van der Waals surface area contributed by atoms with E-state index >= 15 is 0 Å². The van der Waals surface area contributed by atoms with Crippen LogP contribution in [0.4, 0.5) is 0 Å². The van der Waals surface area contributed by atoms with Crippen LogP contribution in [0.2, 0.25) is 18.1 Å². The fourth-order valence-electron chi connectivity index (χ4n) is 1.71. The minimum Gasteiger partial charge on any atom is -0.466 e. The molecule has 0 radical (unpaired) electrons. The second kappa shape index (κ2) is 5.58. The first kappa shape index (κ1) is 15.1. The molecule has 1 aromatic heterocycles. The Bertz CT molecular complexity index is 550. The SMILES string of the molecule is CC(C)(C)[Si](C)(C)OCc1cc(-c2ccccc2)co1. The Morgan fingerprint density at radius 2 is 1.70 bits per heavy atom. The van der Waals surface area contributed by atoms with Gasteiger partial charge in [0.2, 0.25) is 0 Å². The maximum atomic E-state index is 6.17. The second-order valence-electron chi connectivity index (χ2n) is 6.72. The molecular formula is C17H24O2Si. The van der Waals surface area contributed by atoms with E-state index in [1.165, 1.54) is 5.56 Å². The van der Waals surface area contributed by atoms with Crippen molar-refractivity contribution in [3.8, 4) is 11.1 Å². The number of hydrogen-bond acceptors (Lipinski definition) is 2. The first-order valence-corrected chi connectivity index (χ1v) is 9.97. The Morgan fingerprint density at radius 1 is 1.05 bits per heavy atom. The highest BCUT2D eigenvalue weighted by Gasteiger charge is 2.37. The zero-order valence-corrected chi connectivity index (χ0v) is 14.1. The lowest BCUT2D eigenvalue weighted by Gasteiger charge is -2.35. The number of benzene rings is 1. The van der Waals surface area contributed by atoms with Crippen molar-refractivity contribution < 1.29 is 8.84 Å². The number of hydrogen-bond donors (Lipinski definition) is 0. The van der Waals surface area contributed by atoms with E-state index in [9.17, 15) is 0 Å². The first-order chi connectivity index (χ1) is 9.29. The summed E-state index contributed by atoms with van der Waals surface area (Å²) in [5.41, 5.74) is 2.29. The van der Waals surface area contributed by atoms with Crippen LogP contribution in [0.5, 0.6) is 0 Å². The fraction of sp³-hybridized carbons (Fsp3) is 0.412. The summed E-state index contributed by atoms with van der Waals surface area (Å²) < 4.78 is 11.8. The predicted octanol–water partition coefficient (Wildman–Crippen LogP) is 5.47. The number of furan rings is 1. The third kappa shape index (κ3) is 3.41. The van der Waals surface area contributed by atoms with Crippen LogP contribution in [0.25, 0.3) is 11.1 Å². The molecule has 0 aliphatic rings. The van der Waals surface area contributed by atoms with Crippen molar-refractivity contribution in [2.24, 2.45) is 0 Å². The largest absolute Gasteiger partial charge is 0.466 e. The Labute approximate surface area is 122 Å². The zero-order valence-electron chi connectivity index (χ0n) is 13.1. The van der Waals surface area contributed by atoms with Crippen LogP contribution in [0.15, 0.2) is 47.1 Å². The highest BCUT2D eigenvalue weighted by Crippen LogP contribution is 2.37. The predicted molar refractivity (Wildman–Crippen MR) is 86.1 cm³/mol. The molecule has 0 fully saturated rings. The molecule has 2 nitrogen and oxygen atoms in total. The average molecular weight is 288 g/mol. The second-order valence-corrected chi connectivity index (χ2v) is 11.5. The summed E-state index contributed by atoms with van der Waals surface area (Å²) in [5, 5.41) is 0.224. The van der Waals surface area contributed by atoms with Gasteiger partial charge < -0.3 is 8.84 Å². The molecule has 0 spiro atoms. The lowest BCUT2D eigenvalue weighted by molar-refractivity contribution is 0.246. The smallest absolute Gasteiger partial charge is 0.192 e. The minimum absolute atomic E-state index is 0.224. The summed E-state index contributed by atoms with van der Waals surface area (Å²) in [7, 11) is -1.72. The van der Waals surface area contributed by atoms with Gasteiger partial charge in [0.1, 0.15) is 5.76 Å². The van der Waals surface area contributed by atoms with Gasteiger partial charge in [-0.05, 0) is 29.8 Å². The molecule has 0 saturated carbocycles. The van der Waals surface area contributed by atoms with Gasteiger partial charge in [0.25, 0.3) is 0 Å². The van der Waals surface area contributed by atoms with E-state index in [2.05, 4.69) is 52.1 Å². The molecule has 2 aromatic rings. The molecule has 108 valence electrons. The molecule has 0 unspecified atom stereocenters. The van der Waals surface area contributed by atoms with Gasteiger partial charge in [0.15, 0.2) is 8.32 Å². The summed E-state index contributed by atoms with van der Waals surface area (Å²) in [6.45, 7) is 11.8. The van der Waals surface area contributed by atoms with Crippen LogP contribution in [0.3, 0.4) is 0 Å². The molecule has 2 rings (SSSR count). The Morgan fingerprint density at radius 3 is 2.30 bits per heavy atom. The van der Waals surface area contributed by atoms with Crippen LogP contribution in [0, 0.1) is 0 Å². The minimum atomic E-state index is -1.72. The maximum Gasteiger partial charge on any atom is 0.192 e. The summed E-state index contributed by atoms with van der Waals surface area (Å²) >= 11 is 0. The van der Waals surface area contributed by atoms with Crippen molar-refractivity contribution in [3.05, 3.63) is 48.4 Å². The van der Waals surface area contributed by atoms with E-state index < -0.39 is 8.32 Å². The standard InChI is InChI=1S/C17H24O2Si/c1-17(2,3)20(4,5)19-13-16-11-15(12-18-16)14-9-7-6-8-10-14/h6-12H,13H2,1-5H3. The van der Waals surface area contributed by atoms with Crippen molar-refractivity contribution in [3.63, 3.8) is 0 Å². The molecule has 0 amide bonds. The van der Waals surface area contributed by atoms with Crippen LogP contribution < -0.4 is 0 Å². The molecular weight excluding hydrogens is 264 g/mol. The molecule has 0 atom stereocenters. The quantitative estimate of drug-likeness (QED) is 0.696. The van der Waals surface area contributed by atoms with Gasteiger partial charge in [-0.1, -0.05) is 51.1 Å². The molecule has 3 heteroatoms. The lowest BCUT2D eigenvalue weighted by atomic mass is 10.1. The maximum absolute atomic E-state index is 6.17. The van der Waals surface area contributed by atoms with E-state index in [-0.39, 0.29) is 5.04 Å². The normalized spacial score (nSPS) is 12.7. The molecule has 1 aromatic carbocycles. The van der Waals surface area contributed by atoms with Gasteiger partial charge in [0, 0.05) is 5.56 Å². The number of rotatable bonds is 4. The van der Waals surface area contributed by atoms with Gasteiger partial charge in [-0.25, -0.2) is 0 Å². The van der Waals surface area contributed by atoms with Crippen molar-refractivity contribution in [2.75, 3.05) is 0 Å². The van der Waals surface area contributed by atoms with Crippen LogP contribution >= 0.6 is 0 Å². The third-order valence-corrected chi connectivity index (χ3v) is 8.62. The van der Waals surface area contributed by atoms with Gasteiger partial charge in [-0.3, -0.25) is 0 Å². The van der Waals surface area contributed by atoms with E-state index in [0.717, 1.165) is 11.3 Å². The van der Waals surface area contributed by atoms with E-state index in [1.54, 1.807) is 6.26 Å². The van der Waals surface area contributed by atoms with Crippen LogP contribution in [-0.2, 0) is 11.0 Å². The summed E-state index contributed by atoms with van der Waals surface area (Å²) in [4.78, 5) is 0. The highest BCUT2D eigenvalue weighted by molar-refractivity contribution is 6.74. The van der Waals surface area contributed by atoms with Gasteiger partial charge >= 0.3 is 0 Å². The van der Waals surface area contributed by atoms with Crippen LogP contribution in [-0.4, -0.2) is 8.32 Å². The molecule has 0 aliphatic carbocycles. The van der Waals surface area contributed by atoms with Crippen molar-refractivity contribution in [2.45, 2.75) is 45.5 Å². The monoisotopic (exact) mass is 288 g/mol. The Hall–Kier alpha value is -1.32. The molecule has 1 heterocycles. The topological polar surface area (TPSA) is 22.4 Å². The molecule has 0 N–H and O–H groups in total. The van der Waals surface area contributed by atoms with Crippen LogP contribution in [0.1, 0.15) is 26.5 Å². The van der Waals surface area contributed by atoms with Gasteiger partial charge in [0.05, 0.1) is 12.9 Å². The summed E-state index contributed by atoms with van der Waals surface area (Å²) in [6, 6.07) is 12.3. The Balaban J connectivity index is 2.04. The first-order valence-electron chi connectivity index (χ1n) is 7.06. The van der Waals surface area contributed by atoms with E-state index in [1.807, 2.05) is 18.2 Å². The zero-order chi connectivity index (χ0) is 14.8. The van der Waals surface area contributed by atoms with Crippen molar-refractivity contribution >= 4 is 8.32 Å². The fourth-order valence-corrected chi connectivity index (χ4v) is 2.64. The lowest BCUT2D eigenvalue weighted by Crippen LogP contribution is -2.40. The van der Waals surface area contributed by atoms with Crippen molar-refractivity contribution in [1.82, 2.24) is 0 Å². The molecule has 0 bridgehead atoms. The van der Waals surface area contributed by atoms with E-state index in [4.69, 9.17) is 8.84 Å². The Kier molecular flexibility index (Phi) is 4.21. The summed E-state index contributed by atoms with van der Waals surface area (Å²) in [5.74, 6) is 0.897. The van der Waals surface area contributed by atoms with Gasteiger partial charge in [-0.2, -0.15) is 0 Å². The van der Waals surface area contributed by atoms with E-state index in [0.29, 0.717) is 6.61 Å². The third-order valence-electron chi connectivity index (χ3n) is 4.14. The molecule has 0 aliphatic heterocycles. The molecule has 20 heavy (non-hydrogen) atoms. The molecule has 0 saturated heterocycles. The van der Waals surface area contributed by atoms with Crippen molar-refractivity contribution in [1.29, 1.82) is 0 Å². The summed E-state index contributed by atoms with van der Waals surface area (Å²) in [6.07, 6.45) is 1.81. The van der Waals surface area contributed by atoms with Gasteiger partial charge in [-0.15, -0.1) is 0 Å². The average Bonchev–Trinajstić information content (AvgIpc) is 2.85.